The van der Waals surface area contributed by atoms with Crippen LogP contribution in [-0.2, 0) is 0 Å². The number of benzene rings is 1. The van der Waals surface area contributed by atoms with Crippen LogP contribution in [0.15, 0.2) is 18.2 Å². The molecular weight excluding hydrogens is 238 g/mol. The van der Waals surface area contributed by atoms with Crippen molar-refractivity contribution in [3.63, 3.8) is 0 Å². The molecule has 0 aliphatic heterocycles. The fourth-order valence-corrected chi connectivity index (χ4v) is 1.29. The zero-order valence-corrected chi connectivity index (χ0v) is 9.34. The van der Waals surface area contributed by atoms with Crippen molar-refractivity contribution in [1.29, 1.82) is 5.26 Å². The fraction of sp³-hybridized carbons (Fsp3) is 0.200. The van der Waals surface area contributed by atoms with E-state index in [2.05, 4.69) is 10.6 Å². The summed E-state index contributed by atoms with van der Waals surface area (Å²) in [5.41, 5.74) is 5.27. The SMILES string of the molecule is N#Cc1ccc([N+](=O)[O-])c(NCCNC(N)=O)c1. The van der Waals surface area contributed by atoms with Crippen LogP contribution >= 0.6 is 0 Å². The molecule has 0 saturated carbocycles. The van der Waals surface area contributed by atoms with Crippen molar-refractivity contribution in [2.45, 2.75) is 0 Å². The highest BCUT2D eigenvalue weighted by Crippen LogP contribution is 2.24. The molecule has 8 heteroatoms. The van der Waals surface area contributed by atoms with Crippen LogP contribution in [0.4, 0.5) is 16.2 Å². The Hall–Kier alpha value is -2.82. The standard InChI is InChI=1S/C10H11N5O3/c11-6-7-1-2-9(15(17)18)8(5-7)13-3-4-14-10(12)16/h1-2,5,13H,3-4H2,(H3,12,14,16). The van der Waals surface area contributed by atoms with Crippen LogP contribution in [0.1, 0.15) is 5.56 Å². The number of urea groups is 1. The number of carbonyl (C=O) groups excluding carboxylic acids is 1. The molecular formula is C10H11N5O3. The molecule has 0 heterocycles. The average molecular weight is 249 g/mol. The van der Waals surface area contributed by atoms with Gasteiger partial charge in [-0.3, -0.25) is 10.1 Å². The van der Waals surface area contributed by atoms with Crippen molar-refractivity contribution in [2.24, 2.45) is 5.73 Å². The molecule has 0 saturated heterocycles. The fourth-order valence-electron chi connectivity index (χ4n) is 1.29. The van der Waals surface area contributed by atoms with Crippen LogP contribution in [-0.4, -0.2) is 24.0 Å². The van der Waals surface area contributed by atoms with Crippen molar-refractivity contribution < 1.29 is 9.72 Å². The van der Waals surface area contributed by atoms with Gasteiger partial charge in [-0.25, -0.2) is 4.79 Å². The summed E-state index contributed by atoms with van der Waals surface area (Å²) in [6.07, 6.45) is 0. The van der Waals surface area contributed by atoms with Crippen molar-refractivity contribution in [1.82, 2.24) is 5.32 Å². The van der Waals surface area contributed by atoms with Crippen LogP contribution in [0, 0.1) is 21.4 Å². The van der Waals surface area contributed by atoms with E-state index in [9.17, 15) is 14.9 Å². The molecule has 0 fully saturated rings. The number of carbonyl (C=O) groups is 1. The van der Waals surface area contributed by atoms with Crippen molar-refractivity contribution >= 4 is 17.4 Å². The molecule has 94 valence electrons. The van der Waals surface area contributed by atoms with Crippen LogP contribution in [0.2, 0.25) is 0 Å². The number of nitrogens with zero attached hydrogens (tertiary/aromatic N) is 2. The average Bonchev–Trinajstić information content (AvgIpc) is 2.33. The number of nitro benzene ring substituents is 1. The summed E-state index contributed by atoms with van der Waals surface area (Å²) in [7, 11) is 0. The predicted octanol–water partition coefficient (Wildman–Crippen LogP) is 0.547. The van der Waals surface area contributed by atoms with E-state index in [0.717, 1.165) is 0 Å². The maximum absolute atomic E-state index is 10.8. The molecule has 0 aliphatic rings. The molecule has 0 radical (unpaired) electrons. The third-order valence-electron chi connectivity index (χ3n) is 2.06. The van der Waals surface area contributed by atoms with Gasteiger partial charge < -0.3 is 16.4 Å². The lowest BCUT2D eigenvalue weighted by atomic mass is 10.2. The van der Waals surface area contributed by atoms with Crippen LogP contribution in [0.3, 0.4) is 0 Å². The highest BCUT2D eigenvalue weighted by molar-refractivity contribution is 5.71. The third kappa shape index (κ3) is 3.64. The number of nitrogens with two attached hydrogens (primary N) is 1. The van der Waals surface area contributed by atoms with Gasteiger partial charge in [-0.15, -0.1) is 0 Å². The van der Waals surface area contributed by atoms with E-state index in [1.807, 2.05) is 6.07 Å². The molecule has 1 aromatic rings. The van der Waals surface area contributed by atoms with Crippen LogP contribution in [0.5, 0.6) is 0 Å². The van der Waals surface area contributed by atoms with E-state index in [4.69, 9.17) is 11.0 Å². The van der Waals surface area contributed by atoms with E-state index in [1.54, 1.807) is 0 Å². The lowest BCUT2D eigenvalue weighted by Crippen LogP contribution is -2.33. The van der Waals surface area contributed by atoms with Crippen molar-refractivity contribution in [3.05, 3.63) is 33.9 Å². The largest absolute Gasteiger partial charge is 0.378 e. The first kappa shape index (κ1) is 13.2. The topological polar surface area (TPSA) is 134 Å². The van der Waals surface area contributed by atoms with Crippen molar-refractivity contribution in [3.8, 4) is 6.07 Å². The quantitative estimate of drug-likeness (QED) is 0.398. The molecule has 0 unspecified atom stereocenters. The Labute approximate surface area is 103 Å². The number of hydrogen-bond acceptors (Lipinski definition) is 5. The molecule has 0 spiro atoms. The van der Waals surface area contributed by atoms with Gasteiger partial charge in [0.15, 0.2) is 0 Å². The number of nitrogens with one attached hydrogen (secondary N) is 2. The lowest BCUT2D eigenvalue weighted by molar-refractivity contribution is -0.384. The zero-order chi connectivity index (χ0) is 13.5. The summed E-state index contributed by atoms with van der Waals surface area (Å²) in [6, 6.07) is 5.22. The predicted molar refractivity (Wildman–Crippen MR) is 63.9 cm³/mol. The Morgan fingerprint density at radius 1 is 1.50 bits per heavy atom. The second-order valence-electron chi connectivity index (χ2n) is 3.32. The Morgan fingerprint density at radius 2 is 2.22 bits per heavy atom. The van der Waals surface area contributed by atoms with Crippen LogP contribution in [0.25, 0.3) is 0 Å². The molecule has 0 aliphatic carbocycles. The minimum atomic E-state index is -0.669. The Kier molecular flexibility index (Phi) is 4.45. The van der Waals surface area contributed by atoms with E-state index in [0.29, 0.717) is 5.56 Å². The number of nitriles is 1. The first-order valence-electron chi connectivity index (χ1n) is 5.00. The maximum atomic E-state index is 10.8. The van der Waals surface area contributed by atoms with Gasteiger partial charge in [0, 0.05) is 19.2 Å². The smallest absolute Gasteiger partial charge is 0.312 e. The van der Waals surface area contributed by atoms with Gasteiger partial charge in [0.1, 0.15) is 5.69 Å². The first-order valence-corrected chi connectivity index (χ1v) is 5.00. The van der Waals surface area contributed by atoms with Gasteiger partial charge in [0.05, 0.1) is 16.6 Å². The van der Waals surface area contributed by atoms with E-state index < -0.39 is 11.0 Å². The number of rotatable bonds is 5. The Bertz CT molecular complexity index is 509. The summed E-state index contributed by atoms with van der Waals surface area (Å²) in [6.45, 7) is 0.488. The van der Waals surface area contributed by atoms with Crippen molar-refractivity contribution in [2.75, 3.05) is 18.4 Å². The van der Waals surface area contributed by atoms with Gasteiger partial charge in [-0.2, -0.15) is 5.26 Å². The monoisotopic (exact) mass is 249 g/mol. The van der Waals surface area contributed by atoms with Gasteiger partial charge in [-0.1, -0.05) is 0 Å². The molecule has 0 atom stereocenters. The number of amides is 2. The van der Waals surface area contributed by atoms with Crippen LogP contribution < -0.4 is 16.4 Å². The molecule has 1 rings (SSSR count). The summed E-state index contributed by atoms with van der Waals surface area (Å²) in [5, 5.41) is 24.6. The number of nitro groups is 1. The summed E-state index contributed by atoms with van der Waals surface area (Å²) >= 11 is 0. The molecule has 4 N–H and O–H groups in total. The summed E-state index contributed by atoms with van der Waals surface area (Å²) in [4.78, 5) is 20.6. The normalized spacial score (nSPS) is 9.28. The zero-order valence-electron chi connectivity index (χ0n) is 9.34. The Morgan fingerprint density at radius 3 is 2.78 bits per heavy atom. The molecule has 2 amide bonds. The number of primary amides is 1. The highest BCUT2D eigenvalue weighted by Gasteiger charge is 2.13. The first-order chi connectivity index (χ1) is 8.54. The maximum Gasteiger partial charge on any atom is 0.312 e. The minimum absolute atomic E-state index is 0.131. The van der Waals surface area contributed by atoms with Gasteiger partial charge in [-0.05, 0) is 12.1 Å². The number of anilines is 1. The molecule has 0 bridgehead atoms. The van der Waals surface area contributed by atoms with Gasteiger partial charge >= 0.3 is 6.03 Å². The molecule has 18 heavy (non-hydrogen) atoms. The third-order valence-corrected chi connectivity index (χ3v) is 2.06. The summed E-state index contributed by atoms with van der Waals surface area (Å²) in [5.74, 6) is 0. The number of hydrogen-bond donors (Lipinski definition) is 3. The van der Waals surface area contributed by atoms with E-state index >= 15 is 0 Å². The lowest BCUT2D eigenvalue weighted by Gasteiger charge is -2.07. The van der Waals surface area contributed by atoms with E-state index in [1.165, 1.54) is 18.2 Å². The second kappa shape index (κ2) is 6.05. The van der Waals surface area contributed by atoms with Gasteiger partial charge in [0.25, 0.3) is 5.69 Å². The molecule has 8 nitrogen and oxygen atoms in total. The minimum Gasteiger partial charge on any atom is -0.378 e. The molecule has 1 aromatic carbocycles. The highest BCUT2D eigenvalue weighted by atomic mass is 16.6. The Balaban J connectivity index is 2.75. The van der Waals surface area contributed by atoms with Gasteiger partial charge in [0.2, 0.25) is 0 Å². The second-order valence-corrected chi connectivity index (χ2v) is 3.32. The van der Waals surface area contributed by atoms with E-state index in [-0.39, 0.29) is 24.5 Å². The summed E-state index contributed by atoms with van der Waals surface area (Å²) < 4.78 is 0. The molecule has 0 aromatic heterocycles.